The maximum Gasteiger partial charge on any atom is 0.0529 e. The summed E-state index contributed by atoms with van der Waals surface area (Å²) in [5.41, 5.74) is 2.80. The molecule has 0 saturated carbocycles. The van der Waals surface area contributed by atoms with E-state index in [4.69, 9.17) is 0 Å². The molecule has 1 aromatic heterocycles. The van der Waals surface area contributed by atoms with E-state index in [2.05, 4.69) is 64.6 Å². The molecule has 1 heterocycles. The maximum absolute atomic E-state index is 3.75. The number of hydrogen-bond donors (Lipinski definition) is 0. The number of thiophene rings is 1. The van der Waals surface area contributed by atoms with Crippen molar-refractivity contribution >= 4 is 27.3 Å². The molecular formula is C13H13BrS. The van der Waals surface area contributed by atoms with Crippen LogP contribution < -0.4 is 0 Å². The van der Waals surface area contributed by atoms with E-state index in [1.165, 1.54) is 16.0 Å². The molecule has 0 aliphatic heterocycles. The van der Waals surface area contributed by atoms with Gasteiger partial charge >= 0.3 is 0 Å². The molecule has 0 nitrogen and oxygen atoms in total. The molecule has 1 unspecified atom stereocenters. The van der Waals surface area contributed by atoms with Crippen LogP contribution in [0, 0.1) is 6.92 Å². The highest BCUT2D eigenvalue weighted by molar-refractivity contribution is 9.09. The van der Waals surface area contributed by atoms with Crippen LogP contribution in [0.15, 0.2) is 41.8 Å². The minimum Gasteiger partial charge on any atom is -0.148 e. The van der Waals surface area contributed by atoms with Gasteiger partial charge in [0.25, 0.3) is 0 Å². The molecular weight excluding hydrogens is 268 g/mol. The van der Waals surface area contributed by atoms with Crippen molar-refractivity contribution in [2.45, 2.75) is 18.2 Å². The van der Waals surface area contributed by atoms with Crippen LogP contribution in [0.5, 0.6) is 0 Å². The van der Waals surface area contributed by atoms with Crippen LogP contribution in [0.4, 0.5) is 0 Å². The van der Waals surface area contributed by atoms with Gasteiger partial charge in [-0.25, -0.2) is 0 Å². The molecule has 0 aliphatic carbocycles. The summed E-state index contributed by atoms with van der Waals surface area (Å²) >= 11 is 5.56. The van der Waals surface area contributed by atoms with E-state index in [0.29, 0.717) is 4.83 Å². The first-order valence-electron chi connectivity index (χ1n) is 4.99. The van der Waals surface area contributed by atoms with Crippen LogP contribution in [0.2, 0.25) is 0 Å². The first kappa shape index (κ1) is 10.9. The fourth-order valence-electron chi connectivity index (χ4n) is 1.60. The number of halogens is 1. The summed E-state index contributed by atoms with van der Waals surface area (Å²) in [7, 11) is 0. The first-order chi connectivity index (χ1) is 7.27. The average molecular weight is 281 g/mol. The van der Waals surface area contributed by atoms with Gasteiger partial charge in [-0.2, -0.15) is 0 Å². The van der Waals surface area contributed by atoms with Gasteiger partial charge in [0, 0.05) is 4.88 Å². The van der Waals surface area contributed by atoms with Gasteiger partial charge in [-0.3, -0.25) is 0 Å². The Morgan fingerprint density at radius 2 is 2.00 bits per heavy atom. The van der Waals surface area contributed by atoms with Gasteiger partial charge in [0.15, 0.2) is 0 Å². The number of rotatable bonds is 3. The molecule has 0 amide bonds. The lowest BCUT2D eigenvalue weighted by atomic mass is 10.0. The highest BCUT2D eigenvalue weighted by Crippen LogP contribution is 2.30. The van der Waals surface area contributed by atoms with E-state index in [0.717, 1.165) is 6.42 Å². The number of benzene rings is 1. The second-order valence-electron chi connectivity index (χ2n) is 3.61. The van der Waals surface area contributed by atoms with Crippen LogP contribution in [0.25, 0.3) is 0 Å². The van der Waals surface area contributed by atoms with Crippen LogP contribution >= 0.6 is 27.3 Å². The van der Waals surface area contributed by atoms with Crippen LogP contribution in [0.1, 0.15) is 20.8 Å². The van der Waals surface area contributed by atoms with E-state index in [1.807, 2.05) is 11.3 Å². The predicted molar refractivity (Wildman–Crippen MR) is 70.9 cm³/mol. The largest absolute Gasteiger partial charge is 0.148 e. The molecule has 1 aromatic carbocycles. The molecule has 2 aromatic rings. The van der Waals surface area contributed by atoms with E-state index < -0.39 is 0 Å². The molecule has 1 atom stereocenters. The Morgan fingerprint density at radius 3 is 2.67 bits per heavy atom. The summed E-state index contributed by atoms with van der Waals surface area (Å²) in [5, 5.41) is 2.13. The van der Waals surface area contributed by atoms with Crippen molar-refractivity contribution in [2.24, 2.45) is 0 Å². The lowest BCUT2D eigenvalue weighted by molar-refractivity contribution is 0.957. The summed E-state index contributed by atoms with van der Waals surface area (Å²) in [4.78, 5) is 1.84. The smallest absolute Gasteiger partial charge is 0.0529 e. The predicted octanol–water partition coefficient (Wildman–Crippen LogP) is 4.74. The average Bonchev–Trinajstić information content (AvgIpc) is 2.74. The first-order valence-corrected chi connectivity index (χ1v) is 6.79. The molecule has 78 valence electrons. The van der Waals surface area contributed by atoms with Crippen molar-refractivity contribution < 1.29 is 0 Å². The summed E-state index contributed by atoms with van der Waals surface area (Å²) < 4.78 is 0. The number of aryl methyl sites for hydroxylation is 1. The Balaban J connectivity index is 2.13. The van der Waals surface area contributed by atoms with Gasteiger partial charge in [0.1, 0.15) is 0 Å². The summed E-state index contributed by atoms with van der Waals surface area (Å²) in [6.07, 6.45) is 1.06. The molecule has 15 heavy (non-hydrogen) atoms. The Bertz CT molecular complexity index is 420. The zero-order valence-corrected chi connectivity index (χ0v) is 11.0. The van der Waals surface area contributed by atoms with Crippen LogP contribution in [-0.2, 0) is 6.42 Å². The topological polar surface area (TPSA) is 0 Å². The van der Waals surface area contributed by atoms with Crippen molar-refractivity contribution in [1.29, 1.82) is 0 Å². The Morgan fingerprint density at radius 1 is 1.20 bits per heavy atom. The van der Waals surface area contributed by atoms with Gasteiger partial charge in [0.05, 0.1) is 4.83 Å². The quantitative estimate of drug-likeness (QED) is 0.713. The highest BCUT2D eigenvalue weighted by Gasteiger charge is 2.10. The summed E-state index contributed by atoms with van der Waals surface area (Å²) in [5.74, 6) is 0. The number of hydrogen-bond acceptors (Lipinski definition) is 1. The SMILES string of the molecule is Cc1ccccc1CC(Br)c1cccs1. The Hall–Kier alpha value is -0.600. The van der Waals surface area contributed by atoms with E-state index in [9.17, 15) is 0 Å². The van der Waals surface area contributed by atoms with Gasteiger partial charge in [-0.15, -0.1) is 11.3 Å². The van der Waals surface area contributed by atoms with Crippen LogP contribution in [-0.4, -0.2) is 0 Å². The molecule has 0 fully saturated rings. The third-order valence-corrected chi connectivity index (χ3v) is 4.62. The third kappa shape index (κ3) is 2.70. The second kappa shape index (κ2) is 4.95. The maximum atomic E-state index is 3.75. The zero-order valence-electron chi connectivity index (χ0n) is 8.61. The van der Waals surface area contributed by atoms with Crippen molar-refractivity contribution in [1.82, 2.24) is 0 Å². The molecule has 0 radical (unpaired) electrons. The highest BCUT2D eigenvalue weighted by atomic mass is 79.9. The monoisotopic (exact) mass is 280 g/mol. The van der Waals surface area contributed by atoms with Crippen molar-refractivity contribution in [3.8, 4) is 0 Å². The fourth-order valence-corrected chi connectivity index (χ4v) is 3.13. The Labute approximate surface area is 103 Å². The van der Waals surface area contributed by atoms with Gasteiger partial charge < -0.3 is 0 Å². The van der Waals surface area contributed by atoms with E-state index in [1.54, 1.807) is 0 Å². The Kier molecular flexibility index (Phi) is 3.60. The molecule has 0 N–H and O–H groups in total. The minimum absolute atomic E-state index is 0.443. The standard InChI is InChI=1S/C13H13BrS/c1-10-5-2-3-6-11(10)9-12(14)13-7-4-8-15-13/h2-8,12H,9H2,1H3. The van der Waals surface area contributed by atoms with Gasteiger partial charge in [-0.1, -0.05) is 46.3 Å². The minimum atomic E-state index is 0.443. The van der Waals surface area contributed by atoms with E-state index in [-0.39, 0.29) is 0 Å². The molecule has 0 saturated heterocycles. The molecule has 0 aliphatic rings. The molecule has 0 spiro atoms. The lowest BCUT2D eigenvalue weighted by Gasteiger charge is -2.09. The van der Waals surface area contributed by atoms with Crippen LogP contribution in [0.3, 0.4) is 0 Å². The summed E-state index contributed by atoms with van der Waals surface area (Å²) in [6.45, 7) is 2.17. The normalized spacial score (nSPS) is 12.7. The molecule has 0 bridgehead atoms. The zero-order chi connectivity index (χ0) is 10.7. The van der Waals surface area contributed by atoms with Crippen molar-refractivity contribution in [2.75, 3.05) is 0 Å². The van der Waals surface area contributed by atoms with Gasteiger partial charge in [0.2, 0.25) is 0 Å². The lowest BCUT2D eigenvalue weighted by Crippen LogP contribution is -1.95. The fraction of sp³-hybridized carbons (Fsp3) is 0.231. The van der Waals surface area contributed by atoms with Crippen molar-refractivity contribution in [3.05, 3.63) is 57.8 Å². The molecule has 2 heteroatoms. The third-order valence-electron chi connectivity index (χ3n) is 2.51. The number of alkyl halides is 1. The van der Waals surface area contributed by atoms with Gasteiger partial charge in [-0.05, 0) is 35.9 Å². The van der Waals surface area contributed by atoms with Crippen molar-refractivity contribution in [3.63, 3.8) is 0 Å². The second-order valence-corrected chi connectivity index (χ2v) is 5.70. The van der Waals surface area contributed by atoms with E-state index >= 15 is 0 Å². The molecule has 2 rings (SSSR count). The summed E-state index contributed by atoms with van der Waals surface area (Å²) in [6, 6.07) is 12.9.